The van der Waals surface area contributed by atoms with Crippen LogP contribution in [-0.4, -0.2) is 38.3 Å². The Hall–Kier alpha value is -1.76. The van der Waals surface area contributed by atoms with E-state index in [1.165, 1.54) is 5.69 Å². The van der Waals surface area contributed by atoms with E-state index in [0.717, 1.165) is 69.1 Å². The van der Waals surface area contributed by atoms with Crippen LogP contribution in [0.5, 0.6) is 0 Å². The molecule has 4 rings (SSSR count). The molecule has 2 aromatic rings. The third kappa shape index (κ3) is 2.43. The fraction of sp³-hybridized carbons (Fsp3) is 0.733. The third-order valence-corrected chi connectivity index (χ3v) is 4.73. The molecule has 1 unspecified atom stereocenters. The van der Waals surface area contributed by atoms with E-state index in [-0.39, 0.29) is 5.92 Å². The fourth-order valence-corrected chi connectivity index (χ4v) is 3.41. The van der Waals surface area contributed by atoms with Crippen LogP contribution in [0.3, 0.4) is 0 Å². The van der Waals surface area contributed by atoms with E-state index >= 15 is 0 Å². The van der Waals surface area contributed by atoms with Crippen LogP contribution in [0.4, 0.5) is 0 Å². The van der Waals surface area contributed by atoms with Crippen LogP contribution in [0.1, 0.15) is 61.2 Å². The van der Waals surface area contributed by atoms with Crippen molar-refractivity contribution in [3.8, 4) is 0 Å². The number of aryl methyl sites for hydroxylation is 2. The second-order valence-corrected chi connectivity index (χ2v) is 6.11. The molecule has 0 aromatic carbocycles. The molecule has 0 radical (unpaired) electrons. The lowest BCUT2D eigenvalue weighted by atomic mass is 9.89. The van der Waals surface area contributed by atoms with Crippen molar-refractivity contribution in [2.75, 3.05) is 13.2 Å². The fourth-order valence-electron chi connectivity index (χ4n) is 3.41. The molecule has 7 nitrogen and oxygen atoms in total. The van der Waals surface area contributed by atoms with E-state index in [4.69, 9.17) is 9.26 Å². The lowest BCUT2D eigenvalue weighted by Crippen LogP contribution is -2.24. The summed E-state index contributed by atoms with van der Waals surface area (Å²) in [5.41, 5.74) is 2.39. The molecule has 1 aliphatic carbocycles. The Morgan fingerprint density at radius 3 is 2.86 bits per heavy atom. The topological polar surface area (TPSA) is 78.9 Å². The Bertz CT molecular complexity index is 644. The van der Waals surface area contributed by atoms with Gasteiger partial charge in [-0.25, -0.2) is 4.68 Å². The van der Waals surface area contributed by atoms with Gasteiger partial charge in [0.25, 0.3) is 0 Å². The summed E-state index contributed by atoms with van der Waals surface area (Å²) in [5, 5.41) is 12.8. The summed E-state index contributed by atoms with van der Waals surface area (Å²) in [6.45, 7) is 3.66. The SMILES string of the molecule is CCc1noc(C2CCc3nnn(C4CCOCC4)c3C2)n1. The first-order valence-corrected chi connectivity index (χ1v) is 8.18. The van der Waals surface area contributed by atoms with Crippen LogP contribution in [-0.2, 0) is 24.0 Å². The van der Waals surface area contributed by atoms with Crippen LogP contribution in [0.2, 0.25) is 0 Å². The Morgan fingerprint density at radius 2 is 2.09 bits per heavy atom. The van der Waals surface area contributed by atoms with Crippen molar-refractivity contribution in [2.45, 2.75) is 57.4 Å². The van der Waals surface area contributed by atoms with Gasteiger partial charge in [0.15, 0.2) is 5.82 Å². The molecule has 2 aliphatic rings. The molecule has 3 heterocycles. The maximum Gasteiger partial charge on any atom is 0.230 e. The summed E-state index contributed by atoms with van der Waals surface area (Å²) in [4.78, 5) is 4.50. The minimum absolute atomic E-state index is 0.289. The van der Waals surface area contributed by atoms with Gasteiger partial charge >= 0.3 is 0 Å². The number of fused-ring (bicyclic) bond motifs is 1. The van der Waals surface area contributed by atoms with Crippen LogP contribution in [0, 0.1) is 0 Å². The van der Waals surface area contributed by atoms with Gasteiger partial charge in [0.2, 0.25) is 5.89 Å². The standard InChI is InChI=1S/C15H21N5O2/c1-2-14-16-15(22-18-14)10-3-4-12-13(9-10)20(19-17-12)11-5-7-21-8-6-11/h10-11H,2-9H2,1H3. The monoisotopic (exact) mass is 303 g/mol. The van der Waals surface area contributed by atoms with Gasteiger partial charge in [-0.15, -0.1) is 5.10 Å². The Morgan fingerprint density at radius 1 is 1.23 bits per heavy atom. The summed E-state index contributed by atoms with van der Waals surface area (Å²) >= 11 is 0. The molecule has 0 saturated carbocycles. The first-order chi connectivity index (χ1) is 10.8. The molecule has 7 heteroatoms. The molecule has 1 aliphatic heterocycles. The molecule has 2 aromatic heterocycles. The predicted molar refractivity (Wildman–Crippen MR) is 77.6 cm³/mol. The highest BCUT2D eigenvalue weighted by molar-refractivity contribution is 5.19. The van der Waals surface area contributed by atoms with Crippen molar-refractivity contribution < 1.29 is 9.26 Å². The van der Waals surface area contributed by atoms with Crippen LogP contribution >= 0.6 is 0 Å². The van der Waals surface area contributed by atoms with Crippen molar-refractivity contribution in [3.63, 3.8) is 0 Å². The second-order valence-electron chi connectivity index (χ2n) is 6.11. The largest absolute Gasteiger partial charge is 0.381 e. The zero-order valence-corrected chi connectivity index (χ0v) is 12.9. The molecule has 1 fully saturated rings. The third-order valence-electron chi connectivity index (χ3n) is 4.73. The molecule has 118 valence electrons. The van der Waals surface area contributed by atoms with Crippen molar-refractivity contribution in [2.24, 2.45) is 0 Å². The zero-order valence-electron chi connectivity index (χ0n) is 12.9. The highest BCUT2D eigenvalue weighted by Crippen LogP contribution is 2.33. The summed E-state index contributed by atoms with van der Waals surface area (Å²) < 4.78 is 13.0. The number of rotatable bonds is 3. The number of nitrogens with zero attached hydrogens (tertiary/aromatic N) is 5. The van der Waals surface area contributed by atoms with E-state index in [0.29, 0.717) is 6.04 Å². The molecule has 0 N–H and O–H groups in total. The number of ether oxygens (including phenoxy) is 1. The molecule has 0 bridgehead atoms. The minimum atomic E-state index is 0.289. The van der Waals surface area contributed by atoms with E-state index in [1.807, 2.05) is 6.92 Å². The Labute approximate surface area is 129 Å². The van der Waals surface area contributed by atoms with Crippen molar-refractivity contribution >= 4 is 0 Å². The lowest BCUT2D eigenvalue weighted by molar-refractivity contribution is 0.0647. The van der Waals surface area contributed by atoms with Crippen molar-refractivity contribution in [3.05, 3.63) is 23.1 Å². The number of hydrogen-bond donors (Lipinski definition) is 0. The van der Waals surface area contributed by atoms with Gasteiger partial charge in [-0.3, -0.25) is 0 Å². The van der Waals surface area contributed by atoms with Crippen LogP contribution < -0.4 is 0 Å². The smallest absolute Gasteiger partial charge is 0.230 e. The van der Waals surface area contributed by atoms with Gasteiger partial charge < -0.3 is 9.26 Å². The lowest BCUT2D eigenvalue weighted by Gasteiger charge is -2.26. The summed E-state index contributed by atoms with van der Waals surface area (Å²) in [6.07, 6.45) is 5.67. The van der Waals surface area contributed by atoms with Crippen LogP contribution in [0.25, 0.3) is 0 Å². The zero-order chi connectivity index (χ0) is 14.9. The van der Waals surface area contributed by atoms with Gasteiger partial charge in [0, 0.05) is 32.0 Å². The summed E-state index contributed by atoms with van der Waals surface area (Å²) in [5.74, 6) is 1.84. The Balaban J connectivity index is 1.57. The average Bonchev–Trinajstić information content (AvgIpc) is 3.22. The van der Waals surface area contributed by atoms with E-state index in [1.54, 1.807) is 0 Å². The van der Waals surface area contributed by atoms with Gasteiger partial charge in [-0.2, -0.15) is 4.98 Å². The first kappa shape index (κ1) is 13.9. The average molecular weight is 303 g/mol. The normalized spacial score (nSPS) is 22.7. The first-order valence-electron chi connectivity index (χ1n) is 8.18. The molecule has 1 atom stereocenters. The van der Waals surface area contributed by atoms with Crippen molar-refractivity contribution in [1.82, 2.24) is 25.1 Å². The minimum Gasteiger partial charge on any atom is -0.381 e. The summed E-state index contributed by atoms with van der Waals surface area (Å²) in [7, 11) is 0. The molecule has 0 spiro atoms. The molecule has 1 saturated heterocycles. The maximum atomic E-state index is 5.45. The predicted octanol–water partition coefficient (Wildman–Crippen LogP) is 1.85. The van der Waals surface area contributed by atoms with Gasteiger partial charge in [0.05, 0.1) is 17.4 Å². The van der Waals surface area contributed by atoms with E-state index < -0.39 is 0 Å². The van der Waals surface area contributed by atoms with E-state index in [9.17, 15) is 0 Å². The number of hydrogen-bond acceptors (Lipinski definition) is 6. The molecular weight excluding hydrogens is 282 g/mol. The quantitative estimate of drug-likeness (QED) is 0.861. The molecule has 0 amide bonds. The van der Waals surface area contributed by atoms with Gasteiger partial charge in [0.1, 0.15) is 0 Å². The highest BCUT2D eigenvalue weighted by Gasteiger charge is 2.31. The maximum absolute atomic E-state index is 5.45. The Kier molecular flexibility index (Phi) is 3.65. The highest BCUT2D eigenvalue weighted by atomic mass is 16.5. The van der Waals surface area contributed by atoms with Crippen LogP contribution in [0.15, 0.2) is 4.52 Å². The summed E-state index contributed by atoms with van der Waals surface area (Å²) in [6, 6.07) is 0.414. The van der Waals surface area contributed by atoms with Gasteiger partial charge in [-0.1, -0.05) is 17.3 Å². The van der Waals surface area contributed by atoms with Gasteiger partial charge in [-0.05, 0) is 25.7 Å². The number of aromatic nitrogens is 5. The van der Waals surface area contributed by atoms with E-state index in [2.05, 4.69) is 25.1 Å². The second kappa shape index (κ2) is 5.79. The molecular formula is C15H21N5O2. The molecule has 22 heavy (non-hydrogen) atoms. The van der Waals surface area contributed by atoms with Crippen molar-refractivity contribution in [1.29, 1.82) is 0 Å².